The van der Waals surface area contributed by atoms with E-state index in [4.69, 9.17) is 9.97 Å². The van der Waals surface area contributed by atoms with Gasteiger partial charge in [0.05, 0.1) is 35.9 Å². The molecule has 16 nitrogen and oxygen atoms in total. The minimum atomic E-state index is -0.615. The lowest BCUT2D eigenvalue weighted by Gasteiger charge is -2.33. The van der Waals surface area contributed by atoms with Crippen molar-refractivity contribution in [2.75, 3.05) is 65.4 Å². The number of aromatic amines is 2. The molecule has 6 amide bonds. The van der Waals surface area contributed by atoms with Crippen LogP contribution < -0.4 is 21.3 Å². The SMILES string of the molecule is CC(C)C(NC(=O)N1CCNCC1)C(=O)N1CCCC1c1ncc(-c2ccc(C#Cc3ccc(-c4cnc(C5CCCN5C(=O)C(NC(=O)N5CCNCC5)C(C)C)[nH]4)cc3)cc2)[nH]1. The van der Waals surface area contributed by atoms with Crippen LogP contribution in [0.5, 0.6) is 0 Å². The first-order valence-corrected chi connectivity index (χ1v) is 23.0. The van der Waals surface area contributed by atoms with Gasteiger partial charge in [-0.3, -0.25) is 9.59 Å². The number of nitrogens with zero attached hydrogens (tertiary/aromatic N) is 6. The number of urea groups is 2. The molecule has 0 aliphatic carbocycles. The summed E-state index contributed by atoms with van der Waals surface area (Å²) in [6, 6.07) is 14.0. The topological polar surface area (TPSA) is 187 Å². The highest BCUT2D eigenvalue weighted by Gasteiger charge is 2.39. The number of hydrogen-bond acceptors (Lipinski definition) is 8. The Balaban J connectivity index is 0.866. The number of amides is 6. The average Bonchev–Trinajstić information content (AvgIpc) is 4.17. The van der Waals surface area contributed by atoms with Crippen molar-refractivity contribution in [1.29, 1.82) is 0 Å². The monoisotopic (exact) mass is 871 g/mol. The third-order valence-electron chi connectivity index (χ3n) is 12.9. The molecule has 4 unspecified atom stereocenters. The van der Waals surface area contributed by atoms with Crippen molar-refractivity contribution in [2.45, 2.75) is 77.5 Å². The molecule has 6 heterocycles. The van der Waals surface area contributed by atoms with Gasteiger partial charge in [-0.05, 0) is 72.9 Å². The van der Waals surface area contributed by atoms with Gasteiger partial charge in [-0.25, -0.2) is 19.6 Å². The summed E-state index contributed by atoms with van der Waals surface area (Å²) in [6.07, 6.45) is 6.97. The first kappa shape index (κ1) is 44.4. The fraction of sp³-hybridized carbons (Fsp3) is 0.500. The molecule has 4 saturated heterocycles. The van der Waals surface area contributed by atoms with Crippen molar-refractivity contribution >= 4 is 23.9 Å². The van der Waals surface area contributed by atoms with E-state index in [1.54, 1.807) is 9.80 Å². The number of benzene rings is 2. The van der Waals surface area contributed by atoms with E-state index in [2.05, 4.69) is 43.1 Å². The smallest absolute Gasteiger partial charge is 0.318 e. The first-order valence-electron chi connectivity index (χ1n) is 23.0. The van der Waals surface area contributed by atoms with E-state index in [9.17, 15) is 19.2 Å². The molecule has 2 aromatic heterocycles. The normalized spacial score (nSPS) is 20.0. The molecule has 4 aliphatic rings. The number of rotatable bonds is 10. The Labute approximate surface area is 375 Å². The van der Waals surface area contributed by atoms with E-state index < -0.39 is 12.1 Å². The molecule has 64 heavy (non-hydrogen) atoms. The van der Waals surface area contributed by atoms with Crippen molar-refractivity contribution in [3.8, 4) is 34.4 Å². The Morgan fingerprint density at radius 3 is 1.31 bits per heavy atom. The minimum Gasteiger partial charge on any atom is -0.340 e. The largest absolute Gasteiger partial charge is 0.340 e. The van der Waals surface area contributed by atoms with Gasteiger partial charge >= 0.3 is 12.1 Å². The van der Waals surface area contributed by atoms with E-state index in [0.717, 1.165) is 97.2 Å². The second-order valence-electron chi connectivity index (χ2n) is 18.0. The molecule has 0 saturated carbocycles. The third kappa shape index (κ3) is 10.1. The fourth-order valence-corrected chi connectivity index (χ4v) is 9.11. The quantitative estimate of drug-likeness (QED) is 0.126. The first-order chi connectivity index (χ1) is 31.0. The summed E-state index contributed by atoms with van der Waals surface area (Å²) in [5.74, 6) is 7.78. The van der Waals surface area contributed by atoms with Crippen molar-refractivity contribution in [3.63, 3.8) is 0 Å². The molecular weight excluding hydrogens is 809 g/mol. The highest BCUT2D eigenvalue weighted by atomic mass is 16.2. The summed E-state index contributed by atoms with van der Waals surface area (Å²) in [5.41, 5.74) is 5.41. The summed E-state index contributed by atoms with van der Waals surface area (Å²) < 4.78 is 0. The Morgan fingerprint density at radius 1 is 0.578 bits per heavy atom. The van der Waals surface area contributed by atoms with Crippen LogP contribution in [0.3, 0.4) is 0 Å². The Morgan fingerprint density at radius 2 is 0.953 bits per heavy atom. The molecule has 0 bridgehead atoms. The maximum Gasteiger partial charge on any atom is 0.318 e. The van der Waals surface area contributed by atoms with Crippen LogP contribution in [-0.2, 0) is 9.59 Å². The Kier molecular flexibility index (Phi) is 14.0. The van der Waals surface area contributed by atoms with Crippen molar-refractivity contribution in [2.24, 2.45) is 11.8 Å². The molecular formula is C48H62N12O4. The predicted molar refractivity (Wildman–Crippen MR) is 245 cm³/mol. The molecule has 6 N–H and O–H groups in total. The van der Waals surface area contributed by atoms with Crippen LogP contribution in [-0.4, -0.2) is 141 Å². The Hall–Kier alpha value is -6.18. The number of H-pyrrole nitrogens is 2. The Bertz CT molecular complexity index is 2160. The number of likely N-dealkylation sites (tertiary alicyclic amines) is 2. The molecule has 2 aromatic carbocycles. The summed E-state index contributed by atoms with van der Waals surface area (Å²) in [5, 5.41) is 12.6. The van der Waals surface area contributed by atoms with Gasteiger partial charge in [-0.1, -0.05) is 63.8 Å². The molecule has 4 atom stereocenters. The van der Waals surface area contributed by atoms with Crippen LogP contribution in [0.4, 0.5) is 9.59 Å². The summed E-state index contributed by atoms with van der Waals surface area (Å²) in [6.45, 7) is 14.6. The zero-order valence-corrected chi connectivity index (χ0v) is 37.5. The second-order valence-corrected chi connectivity index (χ2v) is 18.0. The van der Waals surface area contributed by atoms with Gasteiger partial charge < -0.3 is 50.8 Å². The molecule has 4 aliphatic heterocycles. The summed E-state index contributed by atoms with van der Waals surface area (Å²) in [7, 11) is 0. The number of carbonyl (C=O) groups is 4. The number of carbonyl (C=O) groups excluding carboxylic acids is 4. The van der Waals surface area contributed by atoms with Gasteiger partial charge in [0.2, 0.25) is 11.8 Å². The molecule has 0 radical (unpaired) electrons. The highest BCUT2D eigenvalue weighted by Crippen LogP contribution is 2.34. The van der Waals surface area contributed by atoms with Gasteiger partial charge in [0, 0.05) is 76.6 Å². The van der Waals surface area contributed by atoms with Gasteiger partial charge in [0.25, 0.3) is 0 Å². The van der Waals surface area contributed by atoms with Crippen LogP contribution in [0.25, 0.3) is 22.5 Å². The van der Waals surface area contributed by atoms with Crippen LogP contribution in [0, 0.1) is 23.7 Å². The van der Waals surface area contributed by atoms with Crippen LogP contribution in [0.15, 0.2) is 60.9 Å². The molecule has 338 valence electrons. The third-order valence-corrected chi connectivity index (χ3v) is 12.9. The van der Waals surface area contributed by atoms with E-state index in [1.165, 1.54) is 0 Å². The second kappa shape index (κ2) is 20.1. The standard InChI is InChI=1S/C48H62N12O4/c1-31(2)41(55-47(63)57-25-19-49-20-26-57)45(61)59-23-5-7-39(59)43-51-29-37(53-43)35-15-11-33(12-16-35)9-10-34-13-17-36(18-14-34)38-30-52-44(54-38)40-8-6-24-60(40)46(62)42(32(3)4)56-48(64)58-27-21-50-22-28-58/h11-18,29-32,39-42,49-50H,5-8,19-28H2,1-4H3,(H,51,53)(H,52,54)(H,55,63)(H,56,64). The van der Waals surface area contributed by atoms with Crippen LogP contribution in [0.2, 0.25) is 0 Å². The maximum absolute atomic E-state index is 13.9. The lowest BCUT2D eigenvalue weighted by atomic mass is 10.0. The van der Waals surface area contributed by atoms with Crippen molar-refractivity contribution in [3.05, 3.63) is 83.7 Å². The number of nitrogens with one attached hydrogen (secondary N) is 6. The van der Waals surface area contributed by atoms with Crippen LogP contribution in [0.1, 0.15) is 88.2 Å². The van der Waals surface area contributed by atoms with Gasteiger partial charge in [0.1, 0.15) is 23.7 Å². The van der Waals surface area contributed by atoms with E-state index in [1.807, 2.05) is 98.4 Å². The van der Waals surface area contributed by atoms with E-state index >= 15 is 0 Å². The van der Waals surface area contributed by atoms with Gasteiger partial charge in [0.15, 0.2) is 0 Å². The zero-order valence-electron chi connectivity index (χ0n) is 37.5. The van der Waals surface area contributed by atoms with Gasteiger partial charge in [-0.15, -0.1) is 0 Å². The average molecular weight is 871 g/mol. The molecule has 16 heteroatoms. The number of piperazine rings is 2. The van der Waals surface area contributed by atoms with Crippen molar-refractivity contribution in [1.82, 2.24) is 60.8 Å². The molecule has 0 spiro atoms. The molecule has 4 fully saturated rings. The van der Waals surface area contributed by atoms with Crippen LogP contribution >= 0.6 is 0 Å². The number of aromatic nitrogens is 4. The summed E-state index contributed by atoms with van der Waals surface area (Å²) in [4.78, 5) is 77.6. The zero-order chi connectivity index (χ0) is 44.7. The molecule has 8 rings (SSSR count). The number of hydrogen-bond donors (Lipinski definition) is 6. The highest BCUT2D eigenvalue weighted by molar-refractivity contribution is 5.88. The van der Waals surface area contributed by atoms with E-state index in [-0.39, 0.29) is 47.8 Å². The van der Waals surface area contributed by atoms with Gasteiger partial charge in [-0.2, -0.15) is 0 Å². The molecule has 4 aromatic rings. The van der Waals surface area contributed by atoms with E-state index in [0.29, 0.717) is 39.3 Å². The fourth-order valence-electron chi connectivity index (χ4n) is 9.11. The minimum absolute atomic E-state index is 0.0615. The number of imidazole rings is 2. The summed E-state index contributed by atoms with van der Waals surface area (Å²) >= 11 is 0. The predicted octanol–water partition coefficient (Wildman–Crippen LogP) is 4.47. The van der Waals surface area contributed by atoms with Crippen molar-refractivity contribution < 1.29 is 19.2 Å². The lowest BCUT2D eigenvalue weighted by Crippen LogP contribution is -2.57. The maximum atomic E-state index is 13.9. The lowest BCUT2D eigenvalue weighted by molar-refractivity contribution is -0.136.